The van der Waals surface area contributed by atoms with Crippen LogP contribution in [-0.4, -0.2) is 6.04 Å². The van der Waals surface area contributed by atoms with Crippen molar-refractivity contribution >= 4 is 11.6 Å². The molecular formula is C15H15ClFN. The van der Waals surface area contributed by atoms with Gasteiger partial charge in [-0.1, -0.05) is 48.0 Å². The van der Waals surface area contributed by atoms with Gasteiger partial charge in [0, 0.05) is 6.04 Å². The van der Waals surface area contributed by atoms with E-state index in [0.717, 1.165) is 12.0 Å². The van der Waals surface area contributed by atoms with Gasteiger partial charge in [0.15, 0.2) is 0 Å². The summed E-state index contributed by atoms with van der Waals surface area (Å²) >= 11 is 5.64. The largest absolute Gasteiger partial charge is 0.327 e. The number of benzene rings is 2. The molecule has 0 aliphatic rings. The molecule has 0 aromatic heterocycles. The lowest BCUT2D eigenvalue weighted by molar-refractivity contribution is 0.618. The first-order chi connectivity index (χ1) is 8.65. The SMILES string of the molecule is NC(Cc1ccccc1)Cc1ccc(Cl)c(F)c1. The Bertz CT molecular complexity index is 513. The Morgan fingerprint density at radius 3 is 2.33 bits per heavy atom. The second-order valence-electron chi connectivity index (χ2n) is 4.40. The van der Waals surface area contributed by atoms with Crippen LogP contribution in [0.1, 0.15) is 11.1 Å². The first-order valence-corrected chi connectivity index (χ1v) is 6.26. The second-order valence-corrected chi connectivity index (χ2v) is 4.81. The Hall–Kier alpha value is -1.38. The van der Waals surface area contributed by atoms with E-state index in [2.05, 4.69) is 0 Å². The fourth-order valence-electron chi connectivity index (χ4n) is 1.96. The normalized spacial score (nSPS) is 12.4. The Balaban J connectivity index is 1.99. The Morgan fingerprint density at radius 1 is 1.00 bits per heavy atom. The number of rotatable bonds is 4. The second kappa shape index (κ2) is 5.98. The molecule has 0 aliphatic heterocycles. The van der Waals surface area contributed by atoms with E-state index in [4.69, 9.17) is 17.3 Å². The molecule has 2 rings (SSSR count). The van der Waals surface area contributed by atoms with Crippen molar-refractivity contribution in [3.8, 4) is 0 Å². The molecule has 0 bridgehead atoms. The monoisotopic (exact) mass is 263 g/mol. The third-order valence-corrected chi connectivity index (χ3v) is 3.13. The predicted octanol–water partition coefficient (Wildman–Crippen LogP) is 3.59. The van der Waals surface area contributed by atoms with Crippen molar-refractivity contribution in [2.24, 2.45) is 5.73 Å². The number of hydrogen-bond acceptors (Lipinski definition) is 1. The van der Waals surface area contributed by atoms with Gasteiger partial charge in [0.25, 0.3) is 0 Å². The molecule has 1 atom stereocenters. The summed E-state index contributed by atoms with van der Waals surface area (Å²) in [5.74, 6) is -0.388. The highest BCUT2D eigenvalue weighted by Gasteiger charge is 2.07. The summed E-state index contributed by atoms with van der Waals surface area (Å²) in [4.78, 5) is 0. The summed E-state index contributed by atoms with van der Waals surface area (Å²) in [5, 5.41) is 0.149. The lowest BCUT2D eigenvalue weighted by Crippen LogP contribution is -2.25. The third kappa shape index (κ3) is 3.56. The molecule has 1 unspecified atom stereocenters. The first-order valence-electron chi connectivity index (χ1n) is 5.88. The molecule has 2 N–H and O–H groups in total. The molecule has 2 aromatic carbocycles. The molecule has 2 aromatic rings. The topological polar surface area (TPSA) is 26.0 Å². The Kier molecular flexibility index (Phi) is 4.34. The fourth-order valence-corrected chi connectivity index (χ4v) is 2.08. The van der Waals surface area contributed by atoms with Crippen molar-refractivity contribution in [2.75, 3.05) is 0 Å². The first kappa shape index (κ1) is 13.1. The summed E-state index contributed by atoms with van der Waals surface area (Å²) < 4.78 is 13.3. The van der Waals surface area contributed by atoms with Crippen molar-refractivity contribution in [3.63, 3.8) is 0 Å². The van der Waals surface area contributed by atoms with Crippen molar-refractivity contribution < 1.29 is 4.39 Å². The van der Waals surface area contributed by atoms with Gasteiger partial charge in [-0.25, -0.2) is 4.39 Å². The van der Waals surface area contributed by atoms with Crippen LogP contribution in [0.15, 0.2) is 48.5 Å². The molecular weight excluding hydrogens is 249 g/mol. The minimum atomic E-state index is -0.388. The summed E-state index contributed by atoms with van der Waals surface area (Å²) in [7, 11) is 0. The summed E-state index contributed by atoms with van der Waals surface area (Å²) in [6.07, 6.45) is 1.42. The predicted molar refractivity (Wildman–Crippen MR) is 73.2 cm³/mol. The molecule has 0 fully saturated rings. The summed E-state index contributed by atoms with van der Waals surface area (Å²) in [5.41, 5.74) is 8.14. The van der Waals surface area contributed by atoms with E-state index in [0.29, 0.717) is 6.42 Å². The van der Waals surface area contributed by atoms with Crippen LogP contribution in [0.2, 0.25) is 5.02 Å². The van der Waals surface area contributed by atoms with E-state index in [-0.39, 0.29) is 16.9 Å². The Labute approximate surface area is 111 Å². The summed E-state index contributed by atoms with van der Waals surface area (Å²) in [6.45, 7) is 0. The van der Waals surface area contributed by atoms with Crippen LogP contribution in [0.4, 0.5) is 4.39 Å². The van der Waals surface area contributed by atoms with Gasteiger partial charge in [-0.15, -0.1) is 0 Å². The van der Waals surface area contributed by atoms with Gasteiger partial charge < -0.3 is 5.73 Å². The molecule has 0 saturated carbocycles. The van der Waals surface area contributed by atoms with Crippen LogP contribution in [0.3, 0.4) is 0 Å². The van der Waals surface area contributed by atoms with E-state index in [1.165, 1.54) is 11.6 Å². The van der Waals surface area contributed by atoms with E-state index in [1.54, 1.807) is 6.07 Å². The molecule has 18 heavy (non-hydrogen) atoms. The third-order valence-electron chi connectivity index (χ3n) is 2.82. The van der Waals surface area contributed by atoms with Gasteiger partial charge >= 0.3 is 0 Å². The van der Waals surface area contributed by atoms with Crippen molar-refractivity contribution in [1.29, 1.82) is 0 Å². The van der Waals surface area contributed by atoms with Crippen LogP contribution >= 0.6 is 11.6 Å². The molecule has 3 heteroatoms. The minimum absolute atomic E-state index is 0.0204. The molecule has 0 saturated heterocycles. The van der Waals surface area contributed by atoms with E-state index < -0.39 is 0 Å². The number of nitrogens with two attached hydrogens (primary N) is 1. The summed E-state index contributed by atoms with van der Waals surface area (Å²) in [6, 6.07) is 14.9. The van der Waals surface area contributed by atoms with Crippen LogP contribution in [0.25, 0.3) is 0 Å². The Morgan fingerprint density at radius 2 is 1.67 bits per heavy atom. The molecule has 0 spiro atoms. The molecule has 0 radical (unpaired) electrons. The van der Waals surface area contributed by atoms with Crippen molar-refractivity contribution in [2.45, 2.75) is 18.9 Å². The zero-order valence-corrected chi connectivity index (χ0v) is 10.7. The zero-order chi connectivity index (χ0) is 13.0. The highest BCUT2D eigenvalue weighted by molar-refractivity contribution is 6.30. The lowest BCUT2D eigenvalue weighted by atomic mass is 10.00. The minimum Gasteiger partial charge on any atom is -0.327 e. The molecule has 94 valence electrons. The quantitative estimate of drug-likeness (QED) is 0.896. The lowest BCUT2D eigenvalue weighted by Gasteiger charge is -2.12. The smallest absolute Gasteiger partial charge is 0.142 e. The standard InChI is InChI=1S/C15H15ClFN/c16-14-7-6-12(10-15(14)17)9-13(18)8-11-4-2-1-3-5-11/h1-7,10,13H,8-9,18H2. The van der Waals surface area contributed by atoms with E-state index in [1.807, 2.05) is 36.4 Å². The zero-order valence-electron chi connectivity index (χ0n) is 9.94. The fraction of sp³-hybridized carbons (Fsp3) is 0.200. The van der Waals surface area contributed by atoms with Gasteiger partial charge in [-0.05, 0) is 36.1 Å². The van der Waals surface area contributed by atoms with Gasteiger partial charge in [-0.2, -0.15) is 0 Å². The van der Waals surface area contributed by atoms with E-state index in [9.17, 15) is 4.39 Å². The van der Waals surface area contributed by atoms with Gasteiger partial charge in [-0.3, -0.25) is 0 Å². The maximum Gasteiger partial charge on any atom is 0.142 e. The number of hydrogen-bond donors (Lipinski definition) is 1. The maximum absolute atomic E-state index is 13.3. The van der Waals surface area contributed by atoms with E-state index >= 15 is 0 Å². The van der Waals surface area contributed by atoms with Crippen molar-refractivity contribution in [3.05, 3.63) is 70.5 Å². The van der Waals surface area contributed by atoms with Gasteiger partial charge in [0.1, 0.15) is 5.82 Å². The van der Waals surface area contributed by atoms with Gasteiger partial charge in [0.2, 0.25) is 0 Å². The van der Waals surface area contributed by atoms with Crippen LogP contribution in [0.5, 0.6) is 0 Å². The number of halogens is 2. The van der Waals surface area contributed by atoms with Crippen molar-refractivity contribution in [1.82, 2.24) is 0 Å². The van der Waals surface area contributed by atoms with Crippen LogP contribution in [-0.2, 0) is 12.8 Å². The van der Waals surface area contributed by atoms with Gasteiger partial charge in [0.05, 0.1) is 5.02 Å². The molecule has 0 aliphatic carbocycles. The highest BCUT2D eigenvalue weighted by atomic mass is 35.5. The molecule has 1 nitrogen and oxygen atoms in total. The molecule has 0 amide bonds. The van der Waals surface area contributed by atoms with Crippen LogP contribution < -0.4 is 5.73 Å². The average molecular weight is 264 g/mol. The van der Waals surface area contributed by atoms with Crippen LogP contribution in [0, 0.1) is 5.82 Å². The molecule has 0 heterocycles. The maximum atomic E-state index is 13.3. The average Bonchev–Trinajstić information content (AvgIpc) is 2.35. The highest BCUT2D eigenvalue weighted by Crippen LogP contribution is 2.17.